The van der Waals surface area contributed by atoms with Gasteiger partial charge in [-0.1, -0.05) is 48.6 Å². The van der Waals surface area contributed by atoms with Crippen molar-refractivity contribution in [3.8, 4) is 0 Å². The number of allylic oxidation sites excluding steroid dienone is 8. The molecule has 0 unspecified atom stereocenters. The van der Waals surface area contributed by atoms with E-state index in [0.717, 1.165) is 25.7 Å². The minimum absolute atomic E-state index is 1.07. The second-order valence-electron chi connectivity index (χ2n) is 3.05. The summed E-state index contributed by atoms with van der Waals surface area (Å²) >= 11 is 0. The molecule has 0 heterocycles. The lowest BCUT2D eigenvalue weighted by atomic mass is 10.2. The maximum absolute atomic E-state index is 2.27. The average Bonchev–Trinajstić information content (AvgIpc) is 2.18. The van der Waals surface area contributed by atoms with Crippen LogP contribution in [0.4, 0.5) is 0 Å². The SMILES string of the molecule is [CH]1C/C=C\C=C\CC/C=C\C=C\C1. The van der Waals surface area contributed by atoms with Gasteiger partial charge in [-0.2, -0.15) is 0 Å². The Kier molecular flexibility index (Phi) is 5.87. The first-order chi connectivity index (χ1) is 6.50. The first kappa shape index (κ1) is 10.0. The molecule has 0 aliphatic heterocycles. The highest BCUT2D eigenvalue weighted by molar-refractivity contribution is 5.08. The molecule has 0 aromatic carbocycles. The van der Waals surface area contributed by atoms with Crippen molar-refractivity contribution in [1.82, 2.24) is 0 Å². The Morgan fingerprint density at radius 1 is 0.538 bits per heavy atom. The van der Waals surface area contributed by atoms with E-state index in [4.69, 9.17) is 0 Å². The molecular weight excluding hydrogens is 156 g/mol. The van der Waals surface area contributed by atoms with Crippen LogP contribution in [-0.4, -0.2) is 0 Å². The van der Waals surface area contributed by atoms with Crippen molar-refractivity contribution in [2.24, 2.45) is 0 Å². The van der Waals surface area contributed by atoms with Crippen molar-refractivity contribution in [3.05, 3.63) is 55.0 Å². The van der Waals surface area contributed by atoms with Gasteiger partial charge >= 0.3 is 0 Å². The Morgan fingerprint density at radius 2 is 1.00 bits per heavy atom. The molecule has 0 aromatic heterocycles. The molecule has 1 rings (SSSR count). The van der Waals surface area contributed by atoms with Gasteiger partial charge in [0.25, 0.3) is 0 Å². The van der Waals surface area contributed by atoms with Gasteiger partial charge in [0.1, 0.15) is 0 Å². The van der Waals surface area contributed by atoms with Crippen molar-refractivity contribution in [2.75, 3.05) is 0 Å². The molecule has 1 aliphatic rings. The molecule has 0 spiro atoms. The van der Waals surface area contributed by atoms with Crippen LogP contribution in [-0.2, 0) is 0 Å². The Balaban J connectivity index is 2.38. The van der Waals surface area contributed by atoms with Gasteiger partial charge in [-0.15, -0.1) is 0 Å². The molecule has 0 atom stereocenters. The van der Waals surface area contributed by atoms with Gasteiger partial charge in [0, 0.05) is 0 Å². The molecule has 0 fully saturated rings. The fourth-order valence-corrected chi connectivity index (χ4v) is 1.14. The second kappa shape index (κ2) is 7.60. The van der Waals surface area contributed by atoms with Gasteiger partial charge in [-0.3, -0.25) is 0 Å². The summed E-state index contributed by atoms with van der Waals surface area (Å²) in [6.07, 6.45) is 24.0. The molecule has 0 saturated heterocycles. The lowest BCUT2D eigenvalue weighted by molar-refractivity contribution is 1.05. The lowest BCUT2D eigenvalue weighted by Crippen LogP contribution is -1.69. The van der Waals surface area contributed by atoms with Crippen molar-refractivity contribution < 1.29 is 0 Å². The van der Waals surface area contributed by atoms with Crippen LogP contribution in [0.15, 0.2) is 48.6 Å². The van der Waals surface area contributed by atoms with E-state index in [-0.39, 0.29) is 0 Å². The van der Waals surface area contributed by atoms with E-state index in [9.17, 15) is 0 Å². The zero-order chi connectivity index (χ0) is 9.19. The van der Waals surface area contributed by atoms with Crippen LogP contribution in [0.3, 0.4) is 0 Å². The van der Waals surface area contributed by atoms with Crippen molar-refractivity contribution in [2.45, 2.75) is 25.7 Å². The van der Waals surface area contributed by atoms with E-state index in [0.29, 0.717) is 0 Å². The fourth-order valence-electron chi connectivity index (χ4n) is 1.14. The first-order valence-electron chi connectivity index (χ1n) is 4.95. The molecule has 13 heavy (non-hydrogen) atoms. The first-order valence-corrected chi connectivity index (χ1v) is 4.95. The predicted molar refractivity (Wildman–Crippen MR) is 59.3 cm³/mol. The highest BCUT2D eigenvalue weighted by Gasteiger charge is 1.81. The van der Waals surface area contributed by atoms with Crippen LogP contribution >= 0.6 is 0 Å². The highest BCUT2D eigenvalue weighted by atomic mass is 13.9. The van der Waals surface area contributed by atoms with Gasteiger partial charge in [0.2, 0.25) is 0 Å². The number of hydrogen-bond acceptors (Lipinski definition) is 0. The topological polar surface area (TPSA) is 0 Å². The van der Waals surface area contributed by atoms with E-state index >= 15 is 0 Å². The fraction of sp³-hybridized carbons (Fsp3) is 0.308. The van der Waals surface area contributed by atoms with Gasteiger partial charge < -0.3 is 0 Å². The molecular formula is C13H17. The Morgan fingerprint density at radius 3 is 1.54 bits per heavy atom. The minimum atomic E-state index is 1.07. The monoisotopic (exact) mass is 173 g/mol. The third-order valence-corrected chi connectivity index (χ3v) is 1.87. The Bertz CT molecular complexity index is 192. The molecule has 0 nitrogen and oxygen atoms in total. The molecule has 0 aromatic rings. The van der Waals surface area contributed by atoms with Gasteiger partial charge in [0.05, 0.1) is 0 Å². The van der Waals surface area contributed by atoms with Crippen LogP contribution < -0.4 is 0 Å². The molecule has 69 valence electrons. The zero-order valence-corrected chi connectivity index (χ0v) is 8.02. The highest BCUT2D eigenvalue weighted by Crippen LogP contribution is 2.00. The van der Waals surface area contributed by atoms with E-state index in [1.165, 1.54) is 0 Å². The molecule has 0 amide bonds. The second-order valence-corrected chi connectivity index (χ2v) is 3.05. The molecule has 0 N–H and O–H groups in total. The minimum Gasteiger partial charge on any atom is -0.0843 e. The van der Waals surface area contributed by atoms with Gasteiger partial charge in [-0.05, 0) is 32.1 Å². The van der Waals surface area contributed by atoms with E-state index in [2.05, 4.69) is 55.0 Å². The summed E-state index contributed by atoms with van der Waals surface area (Å²) in [5.74, 6) is 0. The summed E-state index contributed by atoms with van der Waals surface area (Å²) in [5.41, 5.74) is 0. The van der Waals surface area contributed by atoms with Crippen molar-refractivity contribution in [1.29, 1.82) is 0 Å². The summed E-state index contributed by atoms with van der Waals surface area (Å²) < 4.78 is 0. The maximum atomic E-state index is 2.27. The lowest BCUT2D eigenvalue weighted by Gasteiger charge is -1.87. The molecule has 0 saturated carbocycles. The number of rotatable bonds is 0. The standard InChI is InChI=1S/C13H17/c1-2-4-6-8-10-12-13-11-9-7-5-3-1/h1-4,7,10-13H,5-6,8-9H2/b3-1-,4-2+,12-10-,13-11+. The Hall–Kier alpha value is -1.04. The Labute approximate surface area is 81.4 Å². The van der Waals surface area contributed by atoms with E-state index in [1.54, 1.807) is 0 Å². The molecule has 0 heteroatoms. The predicted octanol–water partition coefficient (Wildman–Crippen LogP) is 3.99. The van der Waals surface area contributed by atoms with E-state index < -0.39 is 0 Å². The van der Waals surface area contributed by atoms with E-state index in [1.807, 2.05) is 0 Å². The van der Waals surface area contributed by atoms with Crippen molar-refractivity contribution in [3.63, 3.8) is 0 Å². The summed E-state index contributed by atoms with van der Waals surface area (Å²) in [6.45, 7) is 0. The van der Waals surface area contributed by atoms with Gasteiger partial charge in [0.15, 0.2) is 0 Å². The summed E-state index contributed by atoms with van der Waals surface area (Å²) in [4.78, 5) is 0. The van der Waals surface area contributed by atoms with Crippen LogP contribution in [0.25, 0.3) is 0 Å². The maximum Gasteiger partial charge on any atom is -0.0310 e. The van der Waals surface area contributed by atoms with Crippen LogP contribution in [0.5, 0.6) is 0 Å². The number of hydrogen-bond donors (Lipinski definition) is 0. The summed E-state index contributed by atoms with van der Waals surface area (Å²) in [7, 11) is 0. The third kappa shape index (κ3) is 6.15. The smallest absolute Gasteiger partial charge is 0.0310 e. The molecule has 0 bridgehead atoms. The largest absolute Gasteiger partial charge is 0.0843 e. The average molecular weight is 173 g/mol. The van der Waals surface area contributed by atoms with Crippen LogP contribution in [0.2, 0.25) is 0 Å². The summed E-state index contributed by atoms with van der Waals surface area (Å²) in [6, 6.07) is 0. The molecule has 1 radical (unpaired) electrons. The normalized spacial score (nSPS) is 28.9. The summed E-state index contributed by atoms with van der Waals surface area (Å²) in [5, 5.41) is 0. The van der Waals surface area contributed by atoms with Crippen LogP contribution in [0.1, 0.15) is 25.7 Å². The van der Waals surface area contributed by atoms with Gasteiger partial charge in [-0.25, -0.2) is 0 Å². The van der Waals surface area contributed by atoms with Crippen LogP contribution in [0, 0.1) is 6.42 Å². The third-order valence-electron chi connectivity index (χ3n) is 1.87. The quantitative estimate of drug-likeness (QED) is 0.519. The van der Waals surface area contributed by atoms with Crippen molar-refractivity contribution >= 4 is 0 Å². The zero-order valence-electron chi connectivity index (χ0n) is 8.02. The molecule has 1 aliphatic carbocycles.